The standard InChI is InChI=1S/C23H25N3/c1-6-9-16(2)14-18(4)24-21-13-12-17(3)15-23(21)26-19(5)25-20-10-7-8-11-22(20)26/h6-15,24H,4H2,1-3,5H3/b9-6-,16-14-. The Balaban J connectivity index is 2.08. The zero-order valence-electron chi connectivity index (χ0n) is 15.9. The molecule has 1 heterocycles. The molecule has 3 rings (SSSR count). The number of nitrogens with one attached hydrogen (secondary N) is 1. The maximum absolute atomic E-state index is 4.70. The Morgan fingerprint density at radius 3 is 2.69 bits per heavy atom. The molecule has 0 saturated heterocycles. The lowest BCUT2D eigenvalue weighted by atomic mass is 10.1. The molecular formula is C23H25N3. The fourth-order valence-corrected chi connectivity index (χ4v) is 3.18. The highest BCUT2D eigenvalue weighted by molar-refractivity contribution is 5.81. The molecule has 1 N–H and O–H groups in total. The van der Waals surface area contributed by atoms with Crippen molar-refractivity contribution in [1.29, 1.82) is 0 Å². The van der Waals surface area contributed by atoms with E-state index in [4.69, 9.17) is 4.98 Å². The molecule has 1 aromatic heterocycles. The summed E-state index contributed by atoms with van der Waals surface area (Å²) < 4.78 is 2.19. The second-order valence-electron chi connectivity index (χ2n) is 6.54. The lowest BCUT2D eigenvalue weighted by Gasteiger charge is -2.16. The van der Waals surface area contributed by atoms with Crippen LogP contribution in [0.4, 0.5) is 5.69 Å². The molecule has 0 aliphatic carbocycles. The lowest BCUT2D eigenvalue weighted by molar-refractivity contribution is 0.999. The Morgan fingerprint density at radius 1 is 1.15 bits per heavy atom. The molecule has 26 heavy (non-hydrogen) atoms. The number of nitrogens with zero attached hydrogens (tertiary/aromatic N) is 2. The van der Waals surface area contributed by atoms with Gasteiger partial charge in [0.15, 0.2) is 0 Å². The van der Waals surface area contributed by atoms with E-state index in [1.807, 2.05) is 44.2 Å². The van der Waals surface area contributed by atoms with E-state index >= 15 is 0 Å². The molecule has 2 aromatic carbocycles. The number of rotatable bonds is 5. The van der Waals surface area contributed by atoms with Crippen LogP contribution in [-0.2, 0) is 0 Å². The smallest absolute Gasteiger partial charge is 0.111 e. The first kappa shape index (κ1) is 17.7. The highest BCUT2D eigenvalue weighted by Gasteiger charge is 2.13. The van der Waals surface area contributed by atoms with Crippen LogP contribution in [-0.4, -0.2) is 9.55 Å². The van der Waals surface area contributed by atoms with Crippen LogP contribution in [0.5, 0.6) is 0 Å². The van der Waals surface area contributed by atoms with Crippen LogP contribution in [0, 0.1) is 13.8 Å². The number of hydrogen-bond donors (Lipinski definition) is 1. The Labute approximate surface area is 155 Å². The molecule has 3 heteroatoms. The first-order chi connectivity index (χ1) is 12.5. The van der Waals surface area contributed by atoms with Crippen LogP contribution in [0.3, 0.4) is 0 Å². The monoisotopic (exact) mass is 343 g/mol. The number of imidazole rings is 1. The van der Waals surface area contributed by atoms with Gasteiger partial charge >= 0.3 is 0 Å². The van der Waals surface area contributed by atoms with Gasteiger partial charge in [0.25, 0.3) is 0 Å². The summed E-state index contributed by atoms with van der Waals surface area (Å²) in [6.45, 7) is 12.4. The quantitative estimate of drug-likeness (QED) is 0.568. The first-order valence-electron chi connectivity index (χ1n) is 8.81. The van der Waals surface area contributed by atoms with Crippen molar-refractivity contribution in [1.82, 2.24) is 9.55 Å². The maximum Gasteiger partial charge on any atom is 0.111 e. The van der Waals surface area contributed by atoms with Gasteiger partial charge in [0.2, 0.25) is 0 Å². The largest absolute Gasteiger partial charge is 0.354 e. The number of aromatic nitrogens is 2. The van der Waals surface area contributed by atoms with Crippen LogP contribution in [0.1, 0.15) is 25.2 Å². The third-order valence-corrected chi connectivity index (χ3v) is 4.25. The van der Waals surface area contributed by atoms with E-state index in [1.165, 1.54) is 5.56 Å². The molecule has 3 nitrogen and oxygen atoms in total. The zero-order chi connectivity index (χ0) is 18.7. The molecule has 132 valence electrons. The average molecular weight is 343 g/mol. The van der Waals surface area contributed by atoms with Gasteiger partial charge in [-0.15, -0.1) is 0 Å². The van der Waals surface area contributed by atoms with Crippen molar-refractivity contribution < 1.29 is 0 Å². The Kier molecular flexibility index (Phi) is 5.08. The van der Waals surface area contributed by atoms with Crippen LogP contribution in [0.2, 0.25) is 0 Å². The second-order valence-corrected chi connectivity index (χ2v) is 6.54. The molecule has 0 spiro atoms. The highest BCUT2D eigenvalue weighted by atomic mass is 15.1. The topological polar surface area (TPSA) is 29.9 Å². The summed E-state index contributed by atoms with van der Waals surface area (Å²) in [5.74, 6) is 0.964. The van der Waals surface area contributed by atoms with Gasteiger partial charge < -0.3 is 5.32 Å². The summed E-state index contributed by atoms with van der Waals surface area (Å²) in [6, 6.07) is 14.6. The van der Waals surface area contributed by atoms with E-state index in [-0.39, 0.29) is 0 Å². The molecule has 0 fully saturated rings. The molecule has 0 amide bonds. The van der Waals surface area contributed by atoms with Crippen molar-refractivity contribution in [3.63, 3.8) is 0 Å². The van der Waals surface area contributed by atoms with Crippen LogP contribution >= 0.6 is 0 Å². The minimum absolute atomic E-state index is 0.854. The Bertz CT molecular complexity index is 1020. The summed E-state index contributed by atoms with van der Waals surface area (Å²) >= 11 is 0. The number of hydrogen-bond acceptors (Lipinski definition) is 2. The van der Waals surface area contributed by atoms with Crippen molar-refractivity contribution in [2.24, 2.45) is 0 Å². The van der Waals surface area contributed by atoms with Gasteiger partial charge in [-0.05, 0) is 69.2 Å². The number of allylic oxidation sites excluding steroid dienone is 4. The van der Waals surface area contributed by atoms with Crippen LogP contribution in [0.15, 0.2) is 78.5 Å². The number of para-hydroxylation sites is 2. The van der Waals surface area contributed by atoms with Gasteiger partial charge in [0.1, 0.15) is 5.82 Å². The summed E-state index contributed by atoms with van der Waals surface area (Å²) in [7, 11) is 0. The Morgan fingerprint density at radius 2 is 1.92 bits per heavy atom. The van der Waals surface area contributed by atoms with Crippen LogP contribution in [0.25, 0.3) is 16.7 Å². The fourth-order valence-electron chi connectivity index (χ4n) is 3.18. The molecular weight excluding hydrogens is 318 g/mol. The molecule has 0 aliphatic heterocycles. The first-order valence-corrected chi connectivity index (χ1v) is 8.81. The molecule has 0 aliphatic rings. The molecule has 0 saturated carbocycles. The van der Waals surface area contributed by atoms with E-state index in [0.717, 1.165) is 39.5 Å². The SMILES string of the molecule is C=C(/C=C(C)\C=C/C)Nc1ccc(C)cc1-n1c(C)nc2ccccc21. The van der Waals surface area contributed by atoms with E-state index in [0.29, 0.717) is 0 Å². The summed E-state index contributed by atoms with van der Waals surface area (Å²) in [4.78, 5) is 4.70. The van der Waals surface area contributed by atoms with Crippen molar-refractivity contribution in [3.05, 3.63) is 89.9 Å². The average Bonchev–Trinajstić information content (AvgIpc) is 2.92. The second kappa shape index (κ2) is 7.44. The number of fused-ring (bicyclic) bond motifs is 1. The van der Waals surface area contributed by atoms with E-state index in [9.17, 15) is 0 Å². The Hall–Kier alpha value is -3.07. The molecule has 0 radical (unpaired) electrons. The number of aryl methyl sites for hydroxylation is 2. The summed E-state index contributed by atoms with van der Waals surface area (Å²) in [5, 5.41) is 3.45. The van der Waals surface area contributed by atoms with Gasteiger partial charge in [-0.25, -0.2) is 4.98 Å². The van der Waals surface area contributed by atoms with Gasteiger partial charge in [-0.1, -0.05) is 36.9 Å². The third kappa shape index (κ3) is 3.62. The molecule has 0 bridgehead atoms. The highest BCUT2D eigenvalue weighted by Crippen LogP contribution is 2.28. The summed E-state index contributed by atoms with van der Waals surface area (Å²) in [6.07, 6.45) is 6.14. The lowest BCUT2D eigenvalue weighted by Crippen LogP contribution is -2.05. The maximum atomic E-state index is 4.70. The van der Waals surface area contributed by atoms with E-state index in [1.54, 1.807) is 0 Å². The molecule has 0 unspecified atom stereocenters. The van der Waals surface area contributed by atoms with E-state index < -0.39 is 0 Å². The van der Waals surface area contributed by atoms with Crippen molar-refractivity contribution in [3.8, 4) is 5.69 Å². The predicted octanol–water partition coefficient (Wildman–Crippen LogP) is 6.09. The van der Waals surface area contributed by atoms with Crippen molar-refractivity contribution in [2.45, 2.75) is 27.7 Å². The van der Waals surface area contributed by atoms with Gasteiger partial charge in [-0.2, -0.15) is 0 Å². The summed E-state index contributed by atoms with van der Waals surface area (Å²) in [5.41, 5.74) is 7.40. The van der Waals surface area contributed by atoms with Crippen LogP contribution < -0.4 is 5.32 Å². The normalized spacial score (nSPS) is 12.1. The van der Waals surface area contributed by atoms with Crippen molar-refractivity contribution >= 4 is 16.7 Å². The zero-order valence-corrected chi connectivity index (χ0v) is 15.9. The number of benzene rings is 2. The predicted molar refractivity (Wildman–Crippen MR) is 112 cm³/mol. The minimum Gasteiger partial charge on any atom is -0.354 e. The van der Waals surface area contributed by atoms with Gasteiger partial charge in [-0.3, -0.25) is 4.57 Å². The number of anilines is 1. The molecule has 0 atom stereocenters. The van der Waals surface area contributed by atoms with Crippen molar-refractivity contribution in [2.75, 3.05) is 5.32 Å². The third-order valence-electron chi connectivity index (χ3n) is 4.25. The van der Waals surface area contributed by atoms with E-state index in [2.05, 4.69) is 60.7 Å². The fraction of sp³-hybridized carbons (Fsp3) is 0.174. The van der Waals surface area contributed by atoms with Gasteiger partial charge in [0.05, 0.1) is 22.4 Å². The minimum atomic E-state index is 0.854. The van der Waals surface area contributed by atoms with Gasteiger partial charge in [0, 0.05) is 5.70 Å². The molecule has 3 aromatic rings.